The van der Waals surface area contributed by atoms with Gasteiger partial charge in [0.05, 0.1) is 32.6 Å². The predicted octanol–water partition coefficient (Wildman–Crippen LogP) is 4.42. The number of rotatable bonds is 18. The van der Waals surface area contributed by atoms with Crippen LogP contribution in [-0.4, -0.2) is 44.5 Å². The smallest absolute Gasteiger partial charge is 0.330 e. The van der Waals surface area contributed by atoms with Gasteiger partial charge in [0.1, 0.15) is 0 Å². The lowest BCUT2D eigenvalue weighted by atomic mass is 10.3. The van der Waals surface area contributed by atoms with Crippen molar-refractivity contribution < 1.29 is 32.7 Å². The van der Waals surface area contributed by atoms with Gasteiger partial charge in [-0.1, -0.05) is 32.9 Å². The van der Waals surface area contributed by atoms with Crippen molar-refractivity contribution in [1.29, 1.82) is 0 Å². The molecule has 0 N–H and O–H groups in total. The van der Waals surface area contributed by atoms with Crippen LogP contribution < -0.4 is 0 Å². The zero-order valence-corrected chi connectivity index (χ0v) is 17.3. The van der Waals surface area contributed by atoms with Crippen molar-refractivity contribution in [1.82, 2.24) is 0 Å². The number of hydrogen-bond acceptors (Lipinski definition) is 7. The Kier molecular flexibility index (Phi) is 15.8. The first-order valence-electron chi connectivity index (χ1n) is 9.44. The molecule has 0 aromatic carbocycles. The van der Waals surface area contributed by atoms with Crippen molar-refractivity contribution in [3.63, 3.8) is 0 Å². The molecular weight excluding hydrogens is 371 g/mol. The first-order chi connectivity index (χ1) is 13.0. The van der Waals surface area contributed by atoms with Gasteiger partial charge >= 0.3 is 19.5 Å². The predicted molar refractivity (Wildman–Crippen MR) is 105 cm³/mol. The molecular formula is C19H33O7P. The molecule has 0 bridgehead atoms. The Bertz CT molecular complexity index is 454. The molecule has 0 aromatic heterocycles. The Morgan fingerprint density at radius 1 is 0.778 bits per heavy atom. The molecule has 0 aliphatic carbocycles. The van der Waals surface area contributed by atoms with Crippen LogP contribution in [0.4, 0.5) is 0 Å². The van der Waals surface area contributed by atoms with Gasteiger partial charge in [0.15, 0.2) is 0 Å². The normalized spacial score (nSPS) is 11.0. The minimum atomic E-state index is -3.14. The molecule has 0 unspecified atom stereocenters. The summed E-state index contributed by atoms with van der Waals surface area (Å²) in [6.45, 7) is 9.84. The molecule has 0 radical (unpaired) electrons. The van der Waals surface area contributed by atoms with E-state index in [1.54, 1.807) is 0 Å². The third kappa shape index (κ3) is 15.3. The molecule has 0 aromatic rings. The molecule has 0 spiro atoms. The van der Waals surface area contributed by atoms with Crippen molar-refractivity contribution in [3.8, 4) is 0 Å². The van der Waals surface area contributed by atoms with E-state index in [1.807, 2.05) is 0 Å². The summed E-state index contributed by atoms with van der Waals surface area (Å²) in [6, 6.07) is 0. The van der Waals surface area contributed by atoms with Crippen molar-refractivity contribution in [2.24, 2.45) is 0 Å². The van der Waals surface area contributed by atoms with E-state index in [-0.39, 0.29) is 26.4 Å². The van der Waals surface area contributed by atoms with Crippen LogP contribution in [-0.2, 0) is 32.7 Å². The van der Waals surface area contributed by atoms with Gasteiger partial charge in [-0.25, -0.2) is 9.59 Å². The number of carbonyl (C=O) groups excluding carboxylic acids is 2. The van der Waals surface area contributed by atoms with Gasteiger partial charge in [0, 0.05) is 12.2 Å². The first-order valence-corrected chi connectivity index (χ1v) is 11.2. The van der Waals surface area contributed by atoms with Crippen molar-refractivity contribution in [2.45, 2.75) is 51.9 Å². The Morgan fingerprint density at radius 3 is 1.63 bits per heavy atom. The van der Waals surface area contributed by atoms with Crippen molar-refractivity contribution >= 4 is 19.5 Å². The van der Waals surface area contributed by atoms with E-state index in [1.165, 1.54) is 0 Å². The molecule has 0 rings (SSSR count). The third-order valence-corrected chi connectivity index (χ3v) is 5.53. The minimum Gasteiger partial charge on any atom is -0.463 e. The molecule has 156 valence electrons. The van der Waals surface area contributed by atoms with Crippen molar-refractivity contribution in [2.75, 3.05) is 32.6 Å². The second-order valence-corrected chi connectivity index (χ2v) is 8.05. The lowest BCUT2D eigenvalue weighted by molar-refractivity contribution is -0.138. The summed E-state index contributed by atoms with van der Waals surface area (Å²) in [7, 11) is -3.14. The number of hydrogen-bond donors (Lipinski definition) is 0. The van der Waals surface area contributed by atoms with E-state index in [2.05, 4.69) is 20.1 Å². The largest absolute Gasteiger partial charge is 0.463 e. The number of unbranched alkanes of at least 4 members (excludes halogenated alkanes) is 4. The van der Waals surface area contributed by atoms with E-state index in [0.29, 0.717) is 31.8 Å². The highest BCUT2D eigenvalue weighted by atomic mass is 31.2. The molecule has 0 aliphatic rings. The monoisotopic (exact) mass is 404 g/mol. The topological polar surface area (TPSA) is 88.1 Å². The fraction of sp³-hybridized carbons (Fsp3) is 0.684. The van der Waals surface area contributed by atoms with Crippen LogP contribution in [0, 0.1) is 0 Å². The van der Waals surface area contributed by atoms with Gasteiger partial charge in [-0.15, -0.1) is 0 Å². The van der Waals surface area contributed by atoms with Gasteiger partial charge in [0.2, 0.25) is 0 Å². The fourth-order valence-electron chi connectivity index (χ4n) is 2.00. The molecule has 0 fully saturated rings. The lowest BCUT2D eigenvalue weighted by Crippen LogP contribution is -2.06. The van der Waals surface area contributed by atoms with E-state index in [9.17, 15) is 14.2 Å². The van der Waals surface area contributed by atoms with Crippen LogP contribution in [0.1, 0.15) is 51.9 Å². The number of ether oxygens (including phenoxy) is 2. The zero-order valence-electron chi connectivity index (χ0n) is 16.4. The maximum absolute atomic E-state index is 12.8. The van der Waals surface area contributed by atoms with Crippen molar-refractivity contribution in [3.05, 3.63) is 25.3 Å². The highest BCUT2D eigenvalue weighted by molar-refractivity contribution is 7.53. The molecule has 0 heterocycles. The van der Waals surface area contributed by atoms with E-state index < -0.39 is 19.5 Å². The van der Waals surface area contributed by atoms with Crippen LogP contribution >= 0.6 is 7.60 Å². The molecule has 7 nitrogen and oxygen atoms in total. The van der Waals surface area contributed by atoms with Crippen LogP contribution in [0.2, 0.25) is 0 Å². The number of carbonyl (C=O) groups is 2. The quantitative estimate of drug-likeness (QED) is 0.145. The minimum absolute atomic E-state index is 0.276. The van der Waals surface area contributed by atoms with E-state index in [4.69, 9.17) is 18.5 Å². The Labute approximate surface area is 162 Å². The summed E-state index contributed by atoms with van der Waals surface area (Å²) in [5, 5.41) is 0. The summed E-state index contributed by atoms with van der Waals surface area (Å²) >= 11 is 0. The molecule has 8 heteroatoms. The Balaban J connectivity index is 4.08. The summed E-state index contributed by atoms with van der Waals surface area (Å²) in [5.41, 5.74) is 0. The third-order valence-electron chi connectivity index (χ3n) is 3.51. The highest BCUT2D eigenvalue weighted by Gasteiger charge is 2.23. The highest BCUT2D eigenvalue weighted by Crippen LogP contribution is 2.49. The summed E-state index contributed by atoms with van der Waals surface area (Å²) in [4.78, 5) is 21.9. The maximum atomic E-state index is 12.8. The van der Waals surface area contributed by atoms with Gasteiger partial charge in [-0.05, 0) is 32.1 Å². The summed E-state index contributed by atoms with van der Waals surface area (Å²) in [5.74, 6) is -0.911. The summed E-state index contributed by atoms with van der Waals surface area (Å²) in [6.07, 6.45) is 7.84. The van der Waals surface area contributed by atoms with E-state index >= 15 is 0 Å². The van der Waals surface area contributed by atoms with Crippen LogP contribution in [0.5, 0.6) is 0 Å². The van der Waals surface area contributed by atoms with Crippen LogP contribution in [0.3, 0.4) is 0 Å². The fourth-order valence-corrected chi connectivity index (χ4v) is 3.76. The molecule has 0 saturated heterocycles. The Hall–Kier alpha value is -1.43. The average Bonchev–Trinajstić information content (AvgIpc) is 2.67. The van der Waals surface area contributed by atoms with Crippen LogP contribution in [0.25, 0.3) is 0 Å². The molecule has 0 aliphatic heterocycles. The van der Waals surface area contributed by atoms with Gasteiger partial charge in [-0.3, -0.25) is 4.57 Å². The maximum Gasteiger partial charge on any atom is 0.330 e. The van der Waals surface area contributed by atoms with Crippen LogP contribution in [0.15, 0.2) is 25.3 Å². The first kappa shape index (κ1) is 25.6. The van der Waals surface area contributed by atoms with E-state index in [0.717, 1.165) is 31.4 Å². The number of esters is 2. The lowest BCUT2D eigenvalue weighted by Gasteiger charge is -2.18. The molecule has 0 saturated carbocycles. The van der Waals surface area contributed by atoms with Gasteiger partial charge in [0.25, 0.3) is 0 Å². The second-order valence-electron chi connectivity index (χ2n) is 5.87. The molecule has 27 heavy (non-hydrogen) atoms. The second kappa shape index (κ2) is 16.7. The molecule has 0 atom stereocenters. The van der Waals surface area contributed by atoms with Gasteiger partial charge in [-0.2, -0.15) is 0 Å². The van der Waals surface area contributed by atoms with Gasteiger partial charge < -0.3 is 18.5 Å². The molecule has 0 amide bonds. The zero-order chi connectivity index (χ0) is 20.4. The SMILES string of the molecule is C=CC(=O)OCCCCOP(=O)(CCCCC)OCCCCOC(=O)C=C. The Morgan fingerprint density at radius 2 is 1.22 bits per heavy atom. The average molecular weight is 404 g/mol. The standard InChI is InChI=1S/C19H33O7P/c1-4-7-12-17-27(22,25-15-10-8-13-23-18(20)5-2)26-16-11-9-14-24-19(21)6-3/h5-6H,2-4,7-17H2,1H3. The summed E-state index contributed by atoms with van der Waals surface area (Å²) < 4.78 is 33.7.